The van der Waals surface area contributed by atoms with Gasteiger partial charge in [0, 0.05) is 11.3 Å². The smallest absolute Gasteiger partial charge is 0.337 e. The molecule has 7 heteroatoms. The van der Waals surface area contributed by atoms with Gasteiger partial charge in [-0.1, -0.05) is 63.2 Å². The summed E-state index contributed by atoms with van der Waals surface area (Å²) in [4.78, 5) is 40.6. The van der Waals surface area contributed by atoms with Crippen molar-refractivity contribution < 1.29 is 29.0 Å². The molecular formula is C32H33NO6. The number of carbonyl (C=O) groups excluding carboxylic acids is 3. The predicted molar refractivity (Wildman–Crippen MR) is 150 cm³/mol. The number of methoxy groups -OCH3 is 1. The van der Waals surface area contributed by atoms with Gasteiger partial charge in [0.05, 0.1) is 30.4 Å². The van der Waals surface area contributed by atoms with Crippen molar-refractivity contribution in [3.63, 3.8) is 0 Å². The fourth-order valence-corrected chi connectivity index (χ4v) is 4.62. The van der Waals surface area contributed by atoms with Gasteiger partial charge in [0.25, 0.3) is 11.7 Å². The molecule has 7 nitrogen and oxygen atoms in total. The average molecular weight is 528 g/mol. The van der Waals surface area contributed by atoms with Gasteiger partial charge >= 0.3 is 5.97 Å². The van der Waals surface area contributed by atoms with Crippen molar-refractivity contribution in [3.05, 3.63) is 101 Å². The molecule has 1 unspecified atom stereocenters. The van der Waals surface area contributed by atoms with E-state index in [1.807, 2.05) is 38.1 Å². The van der Waals surface area contributed by atoms with Gasteiger partial charge in [0.15, 0.2) is 0 Å². The number of hydrogen-bond donors (Lipinski definition) is 1. The summed E-state index contributed by atoms with van der Waals surface area (Å²) in [7, 11) is 1.27. The van der Waals surface area contributed by atoms with Crippen LogP contribution < -0.4 is 9.64 Å². The number of hydrogen-bond acceptors (Lipinski definition) is 6. The first kappa shape index (κ1) is 27.6. The molecule has 0 aromatic heterocycles. The zero-order valence-electron chi connectivity index (χ0n) is 23.0. The van der Waals surface area contributed by atoms with Gasteiger partial charge in [-0.3, -0.25) is 14.5 Å². The van der Waals surface area contributed by atoms with E-state index in [0.717, 1.165) is 5.56 Å². The number of rotatable bonds is 6. The molecule has 3 aromatic carbocycles. The number of nitrogens with zero attached hydrogens (tertiary/aromatic N) is 1. The van der Waals surface area contributed by atoms with Crippen molar-refractivity contribution in [1.29, 1.82) is 0 Å². The molecule has 3 aromatic rings. The molecule has 4 rings (SSSR count). The molecule has 202 valence electrons. The Kier molecular flexibility index (Phi) is 7.63. The van der Waals surface area contributed by atoms with E-state index in [9.17, 15) is 19.5 Å². The third-order valence-electron chi connectivity index (χ3n) is 6.56. The Morgan fingerprint density at radius 1 is 0.923 bits per heavy atom. The number of ether oxygens (including phenoxy) is 2. The fourth-order valence-electron chi connectivity index (χ4n) is 4.62. The number of Topliss-reactive ketones (excluding diaryl/α,β-unsaturated/α-hetero) is 1. The molecule has 0 saturated carbocycles. The molecule has 0 aliphatic carbocycles. The largest absolute Gasteiger partial charge is 0.507 e. The van der Waals surface area contributed by atoms with Gasteiger partial charge in [0.2, 0.25) is 0 Å². The lowest BCUT2D eigenvalue weighted by atomic mass is 9.85. The van der Waals surface area contributed by atoms with Gasteiger partial charge in [-0.05, 0) is 60.7 Å². The number of carbonyl (C=O) groups is 3. The maximum Gasteiger partial charge on any atom is 0.337 e. The molecule has 0 radical (unpaired) electrons. The van der Waals surface area contributed by atoms with E-state index in [4.69, 9.17) is 9.47 Å². The number of anilines is 1. The summed E-state index contributed by atoms with van der Waals surface area (Å²) in [6.07, 6.45) is -0.0867. The second-order valence-corrected chi connectivity index (χ2v) is 10.8. The van der Waals surface area contributed by atoms with Gasteiger partial charge < -0.3 is 14.6 Å². The van der Waals surface area contributed by atoms with Crippen LogP contribution in [0.25, 0.3) is 5.76 Å². The normalized spacial score (nSPS) is 17.0. The third kappa shape index (κ3) is 5.58. The minimum absolute atomic E-state index is 0.0475. The van der Waals surface area contributed by atoms with Crippen molar-refractivity contribution >= 4 is 29.1 Å². The standard InChI is InChI=1S/C32H33NO6/c1-19(2)39-25-12-8-9-21(18-25)28(34)26-27(20-13-15-23(16-14-20)32(3,4)5)33(30(36)29(26)35)24-11-7-10-22(17-24)31(37)38-6/h7-19,27,34H,1-6H3/b28-26+. The molecule has 1 aliphatic rings. The fraction of sp³-hybridized carbons (Fsp3) is 0.281. The quantitative estimate of drug-likeness (QED) is 0.178. The van der Waals surface area contributed by atoms with Gasteiger partial charge in [-0.25, -0.2) is 4.79 Å². The van der Waals surface area contributed by atoms with Crippen LogP contribution >= 0.6 is 0 Å². The molecule has 1 atom stereocenters. The Hall–Kier alpha value is -4.39. The molecular weight excluding hydrogens is 494 g/mol. The number of amides is 1. The molecule has 1 heterocycles. The Bertz CT molecular complexity index is 1450. The van der Waals surface area contributed by atoms with Crippen LogP contribution in [0.3, 0.4) is 0 Å². The molecule has 1 N–H and O–H groups in total. The minimum Gasteiger partial charge on any atom is -0.507 e. The van der Waals surface area contributed by atoms with E-state index in [0.29, 0.717) is 22.6 Å². The highest BCUT2D eigenvalue weighted by atomic mass is 16.5. The van der Waals surface area contributed by atoms with E-state index in [1.54, 1.807) is 42.5 Å². The summed E-state index contributed by atoms with van der Waals surface area (Å²) < 4.78 is 10.6. The van der Waals surface area contributed by atoms with Gasteiger partial charge in [0.1, 0.15) is 11.5 Å². The Labute approximate surface area is 228 Å². The predicted octanol–water partition coefficient (Wildman–Crippen LogP) is 6.18. The molecule has 0 bridgehead atoms. The first-order valence-corrected chi connectivity index (χ1v) is 12.8. The van der Waals surface area contributed by atoms with Crippen molar-refractivity contribution in [3.8, 4) is 5.75 Å². The van der Waals surface area contributed by atoms with E-state index < -0.39 is 23.7 Å². The van der Waals surface area contributed by atoms with E-state index in [2.05, 4.69) is 20.8 Å². The first-order chi connectivity index (χ1) is 18.4. The van der Waals surface area contributed by atoms with Crippen molar-refractivity contribution in [2.24, 2.45) is 0 Å². The van der Waals surface area contributed by atoms with E-state index in [1.165, 1.54) is 18.1 Å². The minimum atomic E-state index is -0.929. The maximum atomic E-state index is 13.5. The second kappa shape index (κ2) is 10.8. The number of esters is 1. The summed E-state index contributed by atoms with van der Waals surface area (Å²) in [6.45, 7) is 10.1. The summed E-state index contributed by atoms with van der Waals surface area (Å²) >= 11 is 0. The Morgan fingerprint density at radius 3 is 2.18 bits per heavy atom. The molecule has 1 saturated heterocycles. The Balaban J connectivity index is 1.92. The lowest BCUT2D eigenvalue weighted by Crippen LogP contribution is -2.29. The summed E-state index contributed by atoms with van der Waals surface area (Å²) in [6, 6.07) is 19.8. The summed E-state index contributed by atoms with van der Waals surface area (Å²) in [5, 5.41) is 11.5. The average Bonchev–Trinajstić information content (AvgIpc) is 3.17. The maximum absolute atomic E-state index is 13.5. The molecule has 0 spiro atoms. The van der Waals surface area contributed by atoms with Crippen LogP contribution in [0.2, 0.25) is 0 Å². The molecule has 1 aliphatic heterocycles. The van der Waals surface area contributed by atoms with Crippen LogP contribution in [-0.4, -0.2) is 36.0 Å². The van der Waals surface area contributed by atoms with E-state index in [-0.39, 0.29) is 28.4 Å². The molecule has 1 fully saturated rings. The summed E-state index contributed by atoms with van der Waals surface area (Å²) in [5.74, 6) is -1.98. The van der Waals surface area contributed by atoms with E-state index >= 15 is 0 Å². The lowest BCUT2D eigenvalue weighted by Gasteiger charge is -2.27. The first-order valence-electron chi connectivity index (χ1n) is 12.8. The van der Waals surface area contributed by atoms with Crippen LogP contribution in [0.5, 0.6) is 5.75 Å². The highest BCUT2D eigenvalue weighted by molar-refractivity contribution is 6.51. The van der Waals surface area contributed by atoms with Crippen LogP contribution in [0.1, 0.15) is 67.7 Å². The molecule has 39 heavy (non-hydrogen) atoms. The van der Waals surface area contributed by atoms with Crippen molar-refractivity contribution in [1.82, 2.24) is 0 Å². The topological polar surface area (TPSA) is 93.1 Å². The van der Waals surface area contributed by atoms with Crippen molar-refractivity contribution in [2.75, 3.05) is 12.0 Å². The van der Waals surface area contributed by atoms with Gasteiger partial charge in [-0.2, -0.15) is 0 Å². The molecule has 1 amide bonds. The third-order valence-corrected chi connectivity index (χ3v) is 6.56. The SMILES string of the molecule is COC(=O)c1cccc(N2C(=O)C(=O)/C(=C(/O)c3cccc(OC(C)C)c3)C2c2ccc(C(C)(C)C)cc2)c1. The Morgan fingerprint density at radius 2 is 1.56 bits per heavy atom. The van der Waals surface area contributed by atoms with Crippen LogP contribution in [0.4, 0.5) is 5.69 Å². The van der Waals surface area contributed by atoms with Crippen LogP contribution in [0, 0.1) is 0 Å². The number of ketones is 1. The van der Waals surface area contributed by atoms with Crippen molar-refractivity contribution in [2.45, 2.75) is 52.2 Å². The van der Waals surface area contributed by atoms with Gasteiger partial charge in [-0.15, -0.1) is 0 Å². The zero-order chi connectivity index (χ0) is 28.5. The van der Waals surface area contributed by atoms with Crippen LogP contribution in [-0.2, 0) is 19.7 Å². The summed E-state index contributed by atoms with van der Waals surface area (Å²) in [5.41, 5.74) is 2.49. The zero-order valence-corrected chi connectivity index (χ0v) is 23.0. The number of aliphatic hydroxyl groups is 1. The second-order valence-electron chi connectivity index (χ2n) is 10.8. The lowest BCUT2D eigenvalue weighted by molar-refractivity contribution is -0.132. The monoisotopic (exact) mass is 527 g/mol. The highest BCUT2D eigenvalue weighted by Gasteiger charge is 2.47. The number of benzene rings is 3. The number of aliphatic hydroxyl groups excluding tert-OH is 1. The highest BCUT2D eigenvalue weighted by Crippen LogP contribution is 2.43. The van der Waals surface area contributed by atoms with Crippen LogP contribution in [0.15, 0.2) is 78.4 Å².